The van der Waals surface area contributed by atoms with E-state index in [1.807, 2.05) is 65.4 Å². The molecule has 0 radical (unpaired) electrons. The fourth-order valence-electron chi connectivity index (χ4n) is 4.96. The molecule has 2 atom stereocenters. The lowest BCUT2D eigenvalue weighted by atomic mass is 10.1. The van der Waals surface area contributed by atoms with Gasteiger partial charge in [0, 0.05) is 43.9 Å². The first-order valence-corrected chi connectivity index (χ1v) is 12.5. The van der Waals surface area contributed by atoms with Crippen LogP contribution in [0.1, 0.15) is 38.4 Å². The number of ether oxygens (including phenoxy) is 1. The van der Waals surface area contributed by atoms with Gasteiger partial charge in [-0.25, -0.2) is 13.9 Å². The molecule has 2 aromatic heterocycles. The Bertz CT molecular complexity index is 1540. The maximum atomic E-state index is 13.5. The predicted octanol–water partition coefficient (Wildman–Crippen LogP) is 3.72. The zero-order chi connectivity index (χ0) is 26.4. The number of anilines is 3. The second-order valence-corrected chi connectivity index (χ2v) is 9.67. The van der Waals surface area contributed by atoms with Gasteiger partial charge >= 0.3 is 0 Å². The van der Waals surface area contributed by atoms with Crippen LogP contribution < -0.4 is 19.9 Å². The molecule has 1 fully saturated rings. The fraction of sp³-hybridized carbons (Fsp3) is 0.286. The number of hydrogen-bond donors (Lipinski definition) is 1. The van der Waals surface area contributed by atoms with Crippen LogP contribution in [0.4, 0.5) is 21.6 Å². The van der Waals surface area contributed by atoms with Crippen LogP contribution in [0.3, 0.4) is 0 Å². The van der Waals surface area contributed by atoms with Crippen LogP contribution >= 0.6 is 0 Å². The van der Waals surface area contributed by atoms with Crippen LogP contribution in [0.2, 0.25) is 0 Å². The molecule has 1 aliphatic carbocycles. The van der Waals surface area contributed by atoms with Gasteiger partial charge in [0.1, 0.15) is 18.2 Å². The lowest BCUT2D eigenvalue weighted by molar-refractivity contribution is 0.0940. The fourth-order valence-corrected chi connectivity index (χ4v) is 4.96. The average Bonchev–Trinajstić information content (AvgIpc) is 3.30. The van der Waals surface area contributed by atoms with Crippen molar-refractivity contribution >= 4 is 35.0 Å². The highest BCUT2D eigenvalue weighted by Crippen LogP contribution is 2.37. The summed E-state index contributed by atoms with van der Waals surface area (Å²) in [6.07, 6.45) is 2.37. The highest BCUT2D eigenvalue weighted by molar-refractivity contribution is 5.94. The molecule has 4 aromatic rings. The van der Waals surface area contributed by atoms with Crippen LogP contribution in [-0.2, 0) is 13.0 Å². The SMILES string of the molecule is COc1ccc(CN(C)c2cc(N3CCc4c(C=O)cccc43)nn3c(C(=O)N[C@@H]4C[C@@H]4F)cnc23)cc1. The molecule has 1 N–H and O–H groups in total. The molecule has 6 rings (SSSR count). The van der Waals surface area contributed by atoms with Crippen molar-refractivity contribution in [2.45, 2.75) is 31.6 Å². The third-order valence-corrected chi connectivity index (χ3v) is 7.15. The molecular weight excluding hydrogens is 487 g/mol. The number of nitrogens with zero attached hydrogens (tertiary/aromatic N) is 5. The Morgan fingerprint density at radius 2 is 2.05 bits per heavy atom. The zero-order valence-electron chi connectivity index (χ0n) is 21.1. The van der Waals surface area contributed by atoms with Crippen molar-refractivity contribution < 1.29 is 18.7 Å². The molecule has 10 heteroatoms. The number of nitrogens with one attached hydrogen (secondary N) is 1. The second-order valence-electron chi connectivity index (χ2n) is 9.67. The number of carbonyl (C=O) groups is 2. The number of hydrogen-bond acceptors (Lipinski definition) is 7. The Hall–Kier alpha value is -4.47. The molecule has 0 unspecified atom stereocenters. The lowest BCUT2D eigenvalue weighted by Crippen LogP contribution is -2.29. The normalized spacial score (nSPS) is 17.8. The minimum Gasteiger partial charge on any atom is -0.497 e. The number of aromatic nitrogens is 3. The van der Waals surface area contributed by atoms with Gasteiger partial charge in [-0.15, -0.1) is 5.10 Å². The molecule has 0 bridgehead atoms. The van der Waals surface area contributed by atoms with Crippen molar-refractivity contribution in [1.29, 1.82) is 0 Å². The van der Waals surface area contributed by atoms with Crippen LogP contribution in [0.15, 0.2) is 54.7 Å². The lowest BCUT2D eigenvalue weighted by Gasteiger charge is -2.24. The summed E-state index contributed by atoms with van der Waals surface area (Å²) in [5.74, 6) is 0.987. The Balaban J connectivity index is 1.42. The maximum Gasteiger partial charge on any atom is 0.271 e. The molecule has 2 aromatic carbocycles. The summed E-state index contributed by atoms with van der Waals surface area (Å²) in [6.45, 7) is 1.22. The van der Waals surface area contributed by atoms with E-state index in [2.05, 4.69) is 10.3 Å². The third-order valence-electron chi connectivity index (χ3n) is 7.15. The number of imidazole rings is 1. The van der Waals surface area contributed by atoms with Gasteiger partial charge in [-0.05, 0) is 35.7 Å². The maximum absolute atomic E-state index is 13.5. The summed E-state index contributed by atoms with van der Waals surface area (Å²) in [7, 11) is 3.59. The van der Waals surface area contributed by atoms with Gasteiger partial charge in [-0.1, -0.05) is 24.3 Å². The van der Waals surface area contributed by atoms with Gasteiger partial charge in [0.15, 0.2) is 17.2 Å². The first-order valence-electron chi connectivity index (χ1n) is 12.5. The summed E-state index contributed by atoms with van der Waals surface area (Å²) in [5.41, 5.74) is 5.15. The molecule has 3 heterocycles. The van der Waals surface area contributed by atoms with Gasteiger partial charge in [-0.2, -0.15) is 0 Å². The van der Waals surface area contributed by atoms with Gasteiger partial charge in [0.05, 0.1) is 25.0 Å². The smallest absolute Gasteiger partial charge is 0.271 e. The minimum absolute atomic E-state index is 0.237. The summed E-state index contributed by atoms with van der Waals surface area (Å²) in [4.78, 5) is 33.3. The number of fused-ring (bicyclic) bond motifs is 2. The molecule has 1 aliphatic heterocycles. The molecule has 38 heavy (non-hydrogen) atoms. The van der Waals surface area contributed by atoms with Crippen LogP contribution in [0, 0.1) is 0 Å². The van der Waals surface area contributed by atoms with E-state index < -0.39 is 18.1 Å². The van der Waals surface area contributed by atoms with Crippen molar-refractivity contribution in [2.24, 2.45) is 0 Å². The zero-order valence-corrected chi connectivity index (χ0v) is 21.1. The van der Waals surface area contributed by atoms with E-state index in [4.69, 9.17) is 9.84 Å². The topological polar surface area (TPSA) is 92.1 Å². The van der Waals surface area contributed by atoms with Crippen molar-refractivity contribution in [3.8, 4) is 5.75 Å². The summed E-state index contributed by atoms with van der Waals surface area (Å²) >= 11 is 0. The molecule has 0 saturated heterocycles. The molecule has 1 saturated carbocycles. The second kappa shape index (κ2) is 9.44. The van der Waals surface area contributed by atoms with Gasteiger partial charge in [0.2, 0.25) is 0 Å². The molecule has 2 aliphatic rings. The summed E-state index contributed by atoms with van der Waals surface area (Å²) in [6, 6.07) is 14.9. The van der Waals surface area contributed by atoms with E-state index in [-0.39, 0.29) is 5.69 Å². The van der Waals surface area contributed by atoms with Crippen molar-refractivity contribution in [3.05, 3.63) is 77.1 Å². The van der Waals surface area contributed by atoms with E-state index in [0.717, 1.165) is 34.5 Å². The summed E-state index contributed by atoms with van der Waals surface area (Å²) in [5, 5.41) is 7.53. The van der Waals surface area contributed by atoms with Crippen LogP contribution in [-0.4, -0.2) is 59.7 Å². The molecule has 194 valence electrons. The standard InChI is InChI=1S/C28H27FN6O3/c1-33(15-17-6-8-19(38-2)9-7-17)24-13-26(34-11-10-20-18(16-36)4-3-5-23(20)34)32-35-25(14-30-27(24)35)28(37)31-22-12-21(22)29/h3-9,13-14,16,21-22H,10-12,15H2,1-2H3,(H,31,37)/t21-,22+/m0/s1. The minimum atomic E-state index is -1.01. The van der Waals surface area contributed by atoms with Crippen molar-refractivity contribution in [2.75, 3.05) is 30.5 Å². The van der Waals surface area contributed by atoms with E-state index in [1.165, 1.54) is 10.7 Å². The van der Waals surface area contributed by atoms with E-state index in [0.29, 0.717) is 43.0 Å². The van der Waals surface area contributed by atoms with Gasteiger partial charge in [0.25, 0.3) is 5.91 Å². The number of amides is 1. The van der Waals surface area contributed by atoms with Crippen LogP contribution in [0.5, 0.6) is 5.75 Å². The average molecular weight is 515 g/mol. The van der Waals surface area contributed by atoms with E-state index in [9.17, 15) is 14.0 Å². The monoisotopic (exact) mass is 514 g/mol. The van der Waals surface area contributed by atoms with Crippen molar-refractivity contribution in [3.63, 3.8) is 0 Å². The number of halogens is 1. The predicted molar refractivity (Wildman–Crippen MR) is 141 cm³/mol. The largest absolute Gasteiger partial charge is 0.497 e. The van der Waals surface area contributed by atoms with Crippen molar-refractivity contribution in [1.82, 2.24) is 19.9 Å². The number of methoxy groups -OCH3 is 1. The Labute approximate surface area is 218 Å². The quantitative estimate of drug-likeness (QED) is 0.358. The highest BCUT2D eigenvalue weighted by atomic mass is 19.1. The Kier molecular flexibility index (Phi) is 5.94. The van der Waals surface area contributed by atoms with Gasteiger partial charge in [-0.3, -0.25) is 9.59 Å². The molecular formula is C28H27FN6O3. The number of rotatable bonds is 8. The molecule has 0 spiro atoms. The Morgan fingerprint density at radius 1 is 1.26 bits per heavy atom. The number of carbonyl (C=O) groups excluding carboxylic acids is 2. The number of benzene rings is 2. The number of aldehydes is 1. The molecule has 9 nitrogen and oxygen atoms in total. The Morgan fingerprint density at radius 3 is 2.76 bits per heavy atom. The number of alkyl halides is 1. The first-order chi connectivity index (χ1) is 18.5. The summed E-state index contributed by atoms with van der Waals surface area (Å²) < 4.78 is 20.3. The van der Waals surface area contributed by atoms with E-state index >= 15 is 0 Å². The third kappa shape index (κ3) is 4.21. The first kappa shape index (κ1) is 23.9. The van der Waals surface area contributed by atoms with Crippen LogP contribution in [0.25, 0.3) is 5.65 Å². The van der Waals surface area contributed by atoms with Gasteiger partial charge < -0.3 is 19.9 Å². The highest BCUT2D eigenvalue weighted by Gasteiger charge is 2.39. The van der Waals surface area contributed by atoms with E-state index in [1.54, 1.807) is 7.11 Å². The molecule has 1 amide bonds.